The van der Waals surface area contributed by atoms with Crippen molar-refractivity contribution in [3.05, 3.63) is 58.4 Å². The number of nitrogen functional groups attached to an aromatic ring is 1. The molecular formula is C21H24N6OS. The highest BCUT2D eigenvalue weighted by atomic mass is 32.1. The Morgan fingerprint density at radius 2 is 2.10 bits per heavy atom. The highest BCUT2D eigenvalue weighted by molar-refractivity contribution is 7.12. The monoisotopic (exact) mass is 408 g/mol. The average Bonchev–Trinajstić information content (AvgIpc) is 3.40. The maximum absolute atomic E-state index is 12.0. The molecule has 1 saturated carbocycles. The summed E-state index contributed by atoms with van der Waals surface area (Å²) in [4.78, 5) is 21.8. The fraction of sp³-hybridized carbons (Fsp3) is 0.286. The summed E-state index contributed by atoms with van der Waals surface area (Å²) in [5.74, 6) is 1.92. The molecule has 7 nitrogen and oxygen atoms in total. The number of anilines is 4. The van der Waals surface area contributed by atoms with Gasteiger partial charge in [-0.05, 0) is 54.8 Å². The predicted molar refractivity (Wildman–Crippen MR) is 118 cm³/mol. The first-order valence-electron chi connectivity index (χ1n) is 9.74. The molecule has 5 N–H and O–H groups in total. The third kappa shape index (κ3) is 5.23. The van der Waals surface area contributed by atoms with Crippen molar-refractivity contribution in [1.82, 2.24) is 15.3 Å². The Hall–Kier alpha value is -3.13. The minimum absolute atomic E-state index is 0.0191. The lowest BCUT2D eigenvalue weighted by Gasteiger charge is -2.13. The molecule has 1 fully saturated rings. The van der Waals surface area contributed by atoms with Crippen LogP contribution in [0.15, 0.2) is 48.0 Å². The molecule has 1 aromatic carbocycles. The number of nitrogens with zero attached hydrogens (tertiary/aromatic N) is 2. The van der Waals surface area contributed by atoms with E-state index in [2.05, 4.69) is 25.9 Å². The van der Waals surface area contributed by atoms with E-state index in [9.17, 15) is 4.79 Å². The fourth-order valence-electron chi connectivity index (χ4n) is 3.02. The zero-order chi connectivity index (χ0) is 20.1. The van der Waals surface area contributed by atoms with E-state index in [0.29, 0.717) is 24.1 Å². The second-order valence-electron chi connectivity index (χ2n) is 7.04. The topological polar surface area (TPSA) is 105 Å². The normalized spacial score (nSPS) is 13.1. The van der Waals surface area contributed by atoms with Crippen molar-refractivity contribution in [3.8, 4) is 0 Å². The van der Waals surface area contributed by atoms with Gasteiger partial charge >= 0.3 is 0 Å². The van der Waals surface area contributed by atoms with Crippen LogP contribution in [0.1, 0.15) is 40.4 Å². The van der Waals surface area contributed by atoms with E-state index in [1.807, 2.05) is 48.0 Å². The molecule has 1 aliphatic rings. The van der Waals surface area contributed by atoms with Crippen molar-refractivity contribution in [1.29, 1.82) is 0 Å². The largest absolute Gasteiger partial charge is 0.399 e. The zero-order valence-electron chi connectivity index (χ0n) is 16.0. The molecule has 2 heterocycles. The lowest BCUT2D eigenvalue weighted by Crippen LogP contribution is -2.25. The standard InChI is InChI=1S/C21H24N6OS/c22-15-4-1-5-16(12-15)26-21-25-13-17(14-7-8-14)19(27-21)23-9-3-10-24-20(28)18-6-2-11-29-18/h1-2,4-6,11-14H,3,7-10,22H2,(H,24,28)(H2,23,25,26,27). The van der Waals surface area contributed by atoms with E-state index in [-0.39, 0.29) is 5.91 Å². The smallest absolute Gasteiger partial charge is 0.261 e. The summed E-state index contributed by atoms with van der Waals surface area (Å²) >= 11 is 1.45. The number of aromatic nitrogens is 2. The van der Waals surface area contributed by atoms with Crippen LogP contribution in [0.2, 0.25) is 0 Å². The molecule has 29 heavy (non-hydrogen) atoms. The summed E-state index contributed by atoms with van der Waals surface area (Å²) in [7, 11) is 0. The first kappa shape index (κ1) is 19.2. The summed E-state index contributed by atoms with van der Waals surface area (Å²) in [6.07, 6.45) is 5.07. The molecule has 0 unspecified atom stereocenters. The lowest BCUT2D eigenvalue weighted by atomic mass is 10.2. The Balaban J connectivity index is 1.33. The molecule has 150 valence electrons. The molecule has 1 amide bonds. The fourth-order valence-corrected chi connectivity index (χ4v) is 3.66. The number of hydrogen-bond donors (Lipinski definition) is 4. The van der Waals surface area contributed by atoms with E-state index in [0.717, 1.165) is 34.9 Å². The summed E-state index contributed by atoms with van der Waals surface area (Å²) in [5.41, 5.74) is 8.54. The number of benzene rings is 1. The Morgan fingerprint density at radius 1 is 1.21 bits per heavy atom. The number of carbonyl (C=O) groups excluding carboxylic acids is 1. The second-order valence-corrected chi connectivity index (χ2v) is 7.98. The molecule has 0 radical (unpaired) electrons. The van der Waals surface area contributed by atoms with Gasteiger partial charge in [-0.2, -0.15) is 4.98 Å². The number of nitrogens with one attached hydrogen (secondary N) is 3. The van der Waals surface area contributed by atoms with Crippen molar-refractivity contribution < 1.29 is 4.79 Å². The van der Waals surface area contributed by atoms with Crippen molar-refractivity contribution in [2.75, 3.05) is 29.5 Å². The molecule has 0 bridgehead atoms. The highest BCUT2D eigenvalue weighted by Gasteiger charge is 2.27. The van der Waals surface area contributed by atoms with Crippen LogP contribution in [0.5, 0.6) is 0 Å². The van der Waals surface area contributed by atoms with Crippen LogP contribution in [0.3, 0.4) is 0 Å². The summed E-state index contributed by atoms with van der Waals surface area (Å²) in [6, 6.07) is 11.2. The first-order chi connectivity index (χ1) is 14.2. The molecule has 0 saturated heterocycles. The van der Waals surface area contributed by atoms with Gasteiger partial charge in [0, 0.05) is 36.2 Å². The van der Waals surface area contributed by atoms with E-state index < -0.39 is 0 Å². The second kappa shape index (κ2) is 8.91. The number of hydrogen-bond acceptors (Lipinski definition) is 7. The number of nitrogens with two attached hydrogens (primary N) is 1. The van der Waals surface area contributed by atoms with Gasteiger partial charge in [-0.25, -0.2) is 4.98 Å². The van der Waals surface area contributed by atoms with E-state index in [1.165, 1.54) is 24.2 Å². The van der Waals surface area contributed by atoms with Crippen molar-refractivity contribution >= 4 is 40.4 Å². The third-order valence-electron chi connectivity index (χ3n) is 4.65. The Morgan fingerprint density at radius 3 is 2.86 bits per heavy atom. The van der Waals surface area contributed by atoms with Crippen LogP contribution in [0.25, 0.3) is 0 Å². The van der Waals surface area contributed by atoms with E-state index >= 15 is 0 Å². The summed E-state index contributed by atoms with van der Waals surface area (Å²) < 4.78 is 0. The minimum atomic E-state index is -0.0191. The molecule has 0 spiro atoms. The quantitative estimate of drug-likeness (QED) is 0.315. The van der Waals surface area contributed by atoms with E-state index in [4.69, 9.17) is 5.73 Å². The SMILES string of the molecule is Nc1cccc(Nc2ncc(C3CC3)c(NCCCNC(=O)c3cccs3)n2)c1. The number of amides is 1. The third-order valence-corrected chi connectivity index (χ3v) is 5.52. The Labute approximate surface area is 173 Å². The maximum Gasteiger partial charge on any atom is 0.261 e. The van der Waals surface area contributed by atoms with Gasteiger partial charge in [-0.3, -0.25) is 4.79 Å². The van der Waals surface area contributed by atoms with E-state index in [1.54, 1.807) is 0 Å². The lowest BCUT2D eigenvalue weighted by molar-refractivity contribution is 0.0957. The first-order valence-corrected chi connectivity index (χ1v) is 10.6. The van der Waals surface area contributed by atoms with Crippen LogP contribution in [-0.4, -0.2) is 29.0 Å². The van der Waals surface area contributed by atoms with Crippen molar-refractivity contribution in [3.63, 3.8) is 0 Å². The molecule has 0 aliphatic heterocycles. The van der Waals surface area contributed by atoms with Gasteiger partial charge in [-0.1, -0.05) is 12.1 Å². The number of carbonyl (C=O) groups is 1. The molecule has 1 aliphatic carbocycles. The predicted octanol–water partition coefficient (Wildman–Crippen LogP) is 3.97. The van der Waals surface area contributed by atoms with Crippen molar-refractivity contribution in [2.24, 2.45) is 0 Å². The minimum Gasteiger partial charge on any atom is -0.399 e. The van der Waals surface area contributed by atoms with Crippen LogP contribution >= 0.6 is 11.3 Å². The van der Waals surface area contributed by atoms with Gasteiger partial charge in [0.05, 0.1) is 4.88 Å². The van der Waals surface area contributed by atoms with Crippen molar-refractivity contribution in [2.45, 2.75) is 25.2 Å². The maximum atomic E-state index is 12.0. The molecule has 8 heteroatoms. The molecule has 0 atom stereocenters. The van der Waals surface area contributed by atoms with Gasteiger partial charge < -0.3 is 21.7 Å². The molecule has 3 aromatic rings. The van der Waals surface area contributed by atoms with Gasteiger partial charge in [0.25, 0.3) is 5.91 Å². The van der Waals surface area contributed by atoms with Gasteiger partial charge in [0.2, 0.25) is 5.95 Å². The Kier molecular flexibility index (Phi) is 5.90. The number of rotatable bonds is 9. The van der Waals surface area contributed by atoms with Crippen LogP contribution in [0.4, 0.5) is 23.1 Å². The number of thiophene rings is 1. The Bertz CT molecular complexity index is 971. The van der Waals surface area contributed by atoms with Gasteiger partial charge in [0.1, 0.15) is 5.82 Å². The zero-order valence-corrected chi connectivity index (χ0v) is 16.8. The highest BCUT2D eigenvalue weighted by Crippen LogP contribution is 2.42. The van der Waals surface area contributed by atoms with Gasteiger partial charge in [-0.15, -0.1) is 11.3 Å². The summed E-state index contributed by atoms with van der Waals surface area (Å²) in [5, 5.41) is 11.5. The van der Waals surface area contributed by atoms with Gasteiger partial charge in [0.15, 0.2) is 0 Å². The van der Waals surface area contributed by atoms with Crippen LogP contribution in [-0.2, 0) is 0 Å². The van der Waals surface area contributed by atoms with Crippen LogP contribution in [0, 0.1) is 0 Å². The molecule has 2 aromatic heterocycles. The molecule has 4 rings (SSSR count). The molecular weight excluding hydrogens is 384 g/mol. The van der Waals surface area contributed by atoms with Crippen LogP contribution < -0.4 is 21.7 Å². The summed E-state index contributed by atoms with van der Waals surface area (Å²) in [6.45, 7) is 1.33. The average molecular weight is 409 g/mol.